The van der Waals surface area contributed by atoms with E-state index in [-0.39, 0.29) is 0 Å². The summed E-state index contributed by atoms with van der Waals surface area (Å²) in [5.74, 6) is 1.68. The van der Waals surface area contributed by atoms with Gasteiger partial charge in [-0.25, -0.2) is 0 Å². The van der Waals surface area contributed by atoms with E-state index in [4.69, 9.17) is 4.42 Å². The highest BCUT2D eigenvalue weighted by atomic mass is 79.9. The Balaban J connectivity index is 2.07. The maximum atomic E-state index is 5.63. The molecule has 1 aromatic rings. The van der Waals surface area contributed by atoms with Gasteiger partial charge in [-0.1, -0.05) is 19.8 Å². The molecule has 0 bridgehead atoms. The summed E-state index contributed by atoms with van der Waals surface area (Å²) in [5.41, 5.74) is 0. The van der Waals surface area contributed by atoms with Crippen LogP contribution in [0.1, 0.15) is 50.7 Å². The third-order valence-corrected chi connectivity index (χ3v) is 4.06. The van der Waals surface area contributed by atoms with Gasteiger partial charge in [0.25, 0.3) is 0 Å². The first kappa shape index (κ1) is 12.2. The smallest absolute Gasteiger partial charge is 0.122 e. The molecule has 1 N–H and O–H groups in total. The summed E-state index contributed by atoms with van der Waals surface area (Å²) in [6.07, 6.45) is 8.16. The van der Waals surface area contributed by atoms with Crippen molar-refractivity contribution in [1.82, 2.24) is 5.32 Å². The predicted octanol–water partition coefficient (Wildman–Crippen LogP) is 4.07. The molecule has 90 valence electrons. The van der Waals surface area contributed by atoms with Gasteiger partial charge in [-0.05, 0) is 47.8 Å². The molecule has 1 heterocycles. The van der Waals surface area contributed by atoms with Crippen molar-refractivity contribution in [3.8, 4) is 0 Å². The van der Waals surface area contributed by atoms with E-state index < -0.39 is 0 Å². The molecule has 1 aromatic heterocycles. The van der Waals surface area contributed by atoms with E-state index in [1.54, 1.807) is 6.26 Å². The lowest BCUT2D eigenvalue weighted by Crippen LogP contribution is -2.37. The van der Waals surface area contributed by atoms with Crippen LogP contribution < -0.4 is 5.32 Å². The Kier molecular flexibility index (Phi) is 4.47. The Morgan fingerprint density at radius 1 is 1.44 bits per heavy atom. The first-order chi connectivity index (χ1) is 7.83. The van der Waals surface area contributed by atoms with Gasteiger partial charge < -0.3 is 9.73 Å². The predicted molar refractivity (Wildman–Crippen MR) is 69.7 cm³/mol. The summed E-state index contributed by atoms with van der Waals surface area (Å²) >= 11 is 3.58. The molecule has 2 rings (SSSR count). The zero-order valence-electron chi connectivity index (χ0n) is 9.84. The minimum absolute atomic E-state index is 0.546. The molecule has 0 spiro atoms. The molecule has 0 amide bonds. The number of hydrogen-bond donors (Lipinski definition) is 1. The number of furan rings is 1. The summed E-state index contributed by atoms with van der Waals surface area (Å²) in [6, 6.07) is 2.59. The van der Waals surface area contributed by atoms with Gasteiger partial charge in [0.1, 0.15) is 5.76 Å². The maximum Gasteiger partial charge on any atom is 0.122 e. The van der Waals surface area contributed by atoms with Crippen molar-refractivity contribution in [2.75, 3.05) is 6.54 Å². The van der Waals surface area contributed by atoms with Crippen LogP contribution in [0.4, 0.5) is 0 Å². The van der Waals surface area contributed by atoms with Crippen molar-refractivity contribution in [2.45, 2.75) is 51.0 Å². The second kappa shape index (κ2) is 5.87. The fraction of sp³-hybridized carbons (Fsp3) is 0.692. The van der Waals surface area contributed by atoms with Crippen molar-refractivity contribution in [3.05, 3.63) is 22.6 Å². The van der Waals surface area contributed by atoms with Gasteiger partial charge in [0.2, 0.25) is 0 Å². The van der Waals surface area contributed by atoms with Crippen LogP contribution in [-0.2, 0) is 0 Å². The van der Waals surface area contributed by atoms with Crippen molar-refractivity contribution in [2.24, 2.45) is 0 Å². The van der Waals surface area contributed by atoms with Crippen molar-refractivity contribution >= 4 is 15.9 Å². The highest BCUT2D eigenvalue weighted by Crippen LogP contribution is 2.37. The van der Waals surface area contributed by atoms with Crippen molar-refractivity contribution in [1.29, 1.82) is 0 Å². The molecule has 16 heavy (non-hydrogen) atoms. The number of nitrogens with one attached hydrogen (secondary N) is 1. The maximum absolute atomic E-state index is 5.63. The lowest BCUT2D eigenvalue weighted by Gasteiger charge is -2.31. The Labute approximate surface area is 106 Å². The van der Waals surface area contributed by atoms with Crippen LogP contribution in [0.15, 0.2) is 21.2 Å². The quantitative estimate of drug-likeness (QED) is 0.902. The van der Waals surface area contributed by atoms with E-state index in [0.29, 0.717) is 12.0 Å². The zero-order valence-corrected chi connectivity index (χ0v) is 11.4. The lowest BCUT2D eigenvalue weighted by molar-refractivity contribution is 0.292. The SMILES string of the molecule is CCCNC1CCCCC1c1occc1Br. The lowest BCUT2D eigenvalue weighted by atomic mass is 9.83. The van der Waals surface area contributed by atoms with Crippen LogP contribution in [0.3, 0.4) is 0 Å². The molecule has 1 fully saturated rings. The third kappa shape index (κ3) is 2.69. The second-order valence-corrected chi connectivity index (χ2v) is 5.44. The standard InChI is InChI=1S/C13H20BrNO/c1-2-8-15-12-6-4-3-5-10(12)13-11(14)7-9-16-13/h7,9-10,12,15H,2-6,8H2,1H3. The molecule has 0 aromatic carbocycles. The molecule has 1 aliphatic rings. The van der Waals surface area contributed by atoms with E-state index in [0.717, 1.165) is 16.8 Å². The van der Waals surface area contributed by atoms with Gasteiger partial charge in [0, 0.05) is 12.0 Å². The van der Waals surface area contributed by atoms with Crippen LogP contribution in [0, 0.1) is 0 Å². The van der Waals surface area contributed by atoms with Gasteiger partial charge in [0.05, 0.1) is 10.7 Å². The first-order valence-corrected chi connectivity index (χ1v) is 7.08. The van der Waals surface area contributed by atoms with Gasteiger partial charge in [-0.2, -0.15) is 0 Å². The summed E-state index contributed by atoms with van der Waals surface area (Å²) < 4.78 is 6.75. The number of rotatable bonds is 4. The zero-order chi connectivity index (χ0) is 11.4. The summed E-state index contributed by atoms with van der Waals surface area (Å²) in [5, 5.41) is 3.66. The van der Waals surface area contributed by atoms with Gasteiger partial charge >= 0.3 is 0 Å². The van der Waals surface area contributed by atoms with E-state index in [9.17, 15) is 0 Å². The molecule has 0 radical (unpaired) electrons. The van der Waals surface area contributed by atoms with E-state index >= 15 is 0 Å². The van der Waals surface area contributed by atoms with Crippen LogP contribution >= 0.6 is 15.9 Å². The summed E-state index contributed by atoms with van der Waals surface area (Å²) in [7, 11) is 0. The molecular formula is C13H20BrNO. The molecule has 0 aliphatic heterocycles. The topological polar surface area (TPSA) is 25.2 Å². The fourth-order valence-corrected chi connectivity index (χ4v) is 3.08. The molecule has 1 saturated carbocycles. The monoisotopic (exact) mass is 285 g/mol. The van der Waals surface area contributed by atoms with Crippen molar-refractivity contribution < 1.29 is 4.42 Å². The third-order valence-electron chi connectivity index (χ3n) is 3.40. The fourth-order valence-electron chi connectivity index (χ4n) is 2.59. The van der Waals surface area contributed by atoms with Gasteiger partial charge in [-0.15, -0.1) is 0 Å². The highest BCUT2D eigenvalue weighted by Gasteiger charge is 2.29. The van der Waals surface area contributed by atoms with Crippen LogP contribution in [-0.4, -0.2) is 12.6 Å². The largest absolute Gasteiger partial charge is 0.468 e. The average Bonchev–Trinajstić information content (AvgIpc) is 2.73. The van der Waals surface area contributed by atoms with Crippen LogP contribution in [0.25, 0.3) is 0 Å². The van der Waals surface area contributed by atoms with Gasteiger partial charge in [-0.3, -0.25) is 0 Å². The van der Waals surface area contributed by atoms with E-state index in [1.807, 2.05) is 6.07 Å². The molecule has 2 nitrogen and oxygen atoms in total. The molecule has 2 atom stereocenters. The number of halogens is 1. The minimum Gasteiger partial charge on any atom is -0.468 e. The van der Waals surface area contributed by atoms with E-state index in [1.165, 1.54) is 32.1 Å². The summed E-state index contributed by atoms with van der Waals surface area (Å²) in [6.45, 7) is 3.33. The highest BCUT2D eigenvalue weighted by molar-refractivity contribution is 9.10. The Hall–Kier alpha value is -0.280. The Morgan fingerprint density at radius 3 is 2.94 bits per heavy atom. The molecule has 2 unspecified atom stereocenters. The summed E-state index contributed by atoms with van der Waals surface area (Å²) in [4.78, 5) is 0. The Bertz CT molecular complexity index is 323. The minimum atomic E-state index is 0.546. The van der Waals surface area contributed by atoms with Gasteiger partial charge in [0.15, 0.2) is 0 Å². The molecule has 1 aliphatic carbocycles. The second-order valence-electron chi connectivity index (χ2n) is 4.58. The van der Waals surface area contributed by atoms with Crippen LogP contribution in [0.2, 0.25) is 0 Å². The molecule has 0 saturated heterocycles. The Morgan fingerprint density at radius 2 is 2.25 bits per heavy atom. The van der Waals surface area contributed by atoms with Crippen LogP contribution in [0.5, 0.6) is 0 Å². The average molecular weight is 286 g/mol. The van der Waals surface area contributed by atoms with E-state index in [2.05, 4.69) is 28.2 Å². The molecular weight excluding hydrogens is 266 g/mol. The van der Waals surface area contributed by atoms with Crippen molar-refractivity contribution in [3.63, 3.8) is 0 Å². The molecule has 3 heteroatoms. The normalized spacial score (nSPS) is 25.9. The first-order valence-electron chi connectivity index (χ1n) is 6.29. The number of hydrogen-bond acceptors (Lipinski definition) is 2.